The molecule has 1 saturated heterocycles. The summed E-state index contributed by atoms with van der Waals surface area (Å²) >= 11 is 0. The minimum absolute atomic E-state index is 0.124. The molecule has 178 valence electrons. The largest absolute Gasteiger partial charge is 0.489 e. The summed E-state index contributed by atoms with van der Waals surface area (Å²) in [7, 11) is 1.56. The monoisotopic (exact) mass is 459 g/mol. The molecule has 0 spiro atoms. The molecule has 0 radical (unpaired) electrons. The maximum Gasteiger partial charge on any atom is 0.410 e. The molecular weight excluding hydrogens is 429 g/mol. The zero-order valence-electron chi connectivity index (χ0n) is 19.7. The van der Waals surface area contributed by atoms with Gasteiger partial charge in [0.2, 0.25) is 5.88 Å². The van der Waals surface area contributed by atoms with Crippen molar-refractivity contribution in [2.75, 3.05) is 38.3 Å². The van der Waals surface area contributed by atoms with Crippen LogP contribution < -0.4 is 19.1 Å². The molecule has 1 atom stereocenters. The standard InChI is InChI=1S/C24H30FN3O5/c1-15-12-16(13-26-22(15)30-5)28-10-11-31-19-7-6-18(20(25)21(19)28)32-17-8-9-27(14-17)23(29)33-24(2,3)4/h6-7,12-13,17H,8-11,14H2,1-5H3. The molecule has 1 unspecified atom stereocenters. The van der Waals surface area contributed by atoms with Crippen molar-refractivity contribution in [3.05, 3.63) is 35.8 Å². The third kappa shape index (κ3) is 4.91. The highest BCUT2D eigenvalue weighted by atomic mass is 19.1. The number of carbonyl (C=O) groups excluding carboxylic acids is 1. The second-order valence-corrected chi connectivity index (χ2v) is 9.20. The topological polar surface area (TPSA) is 73.4 Å². The summed E-state index contributed by atoms with van der Waals surface area (Å²) < 4.78 is 38.0. The number of ether oxygens (including phenoxy) is 4. The fourth-order valence-electron chi connectivity index (χ4n) is 4.01. The van der Waals surface area contributed by atoms with Gasteiger partial charge in [0.25, 0.3) is 0 Å². The lowest BCUT2D eigenvalue weighted by Gasteiger charge is -2.32. The first-order valence-corrected chi connectivity index (χ1v) is 11.0. The van der Waals surface area contributed by atoms with Gasteiger partial charge in [0.1, 0.15) is 29.7 Å². The molecule has 4 rings (SSSR count). The Morgan fingerprint density at radius 3 is 2.76 bits per heavy atom. The quantitative estimate of drug-likeness (QED) is 0.669. The molecule has 0 aliphatic carbocycles. The molecule has 2 aromatic rings. The molecule has 1 aromatic carbocycles. The van der Waals surface area contributed by atoms with Crippen molar-refractivity contribution >= 4 is 17.5 Å². The van der Waals surface area contributed by atoms with Gasteiger partial charge in [-0.25, -0.2) is 14.2 Å². The summed E-state index contributed by atoms with van der Waals surface area (Å²) in [5.74, 6) is 0.594. The summed E-state index contributed by atoms with van der Waals surface area (Å²) in [4.78, 5) is 20.1. The fourth-order valence-corrected chi connectivity index (χ4v) is 4.01. The van der Waals surface area contributed by atoms with Crippen LogP contribution >= 0.6 is 0 Å². The molecule has 8 nitrogen and oxygen atoms in total. The van der Waals surface area contributed by atoms with Gasteiger partial charge in [-0.15, -0.1) is 0 Å². The van der Waals surface area contributed by atoms with E-state index in [4.69, 9.17) is 18.9 Å². The lowest BCUT2D eigenvalue weighted by molar-refractivity contribution is 0.0275. The van der Waals surface area contributed by atoms with E-state index in [0.29, 0.717) is 50.0 Å². The van der Waals surface area contributed by atoms with Gasteiger partial charge in [-0.3, -0.25) is 0 Å². The molecule has 1 amide bonds. The normalized spacial score (nSPS) is 17.9. The van der Waals surface area contributed by atoms with Gasteiger partial charge < -0.3 is 28.7 Å². The predicted octanol–water partition coefficient (Wildman–Crippen LogP) is 4.46. The molecule has 0 bridgehead atoms. The zero-order valence-corrected chi connectivity index (χ0v) is 19.7. The van der Waals surface area contributed by atoms with Crippen LogP contribution in [0, 0.1) is 12.7 Å². The fraction of sp³-hybridized carbons (Fsp3) is 0.500. The number of nitrogens with zero attached hydrogens (tertiary/aromatic N) is 3. The van der Waals surface area contributed by atoms with Crippen LogP contribution in [-0.2, 0) is 4.74 Å². The Morgan fingerprint density at radius 1 is 1.27 bits per heavy atom. The van der Waals surface area contributed by atoms with Gasteiger partial charge in [0.05, 0.1) is 32.1 Å². The Balaban J connectivity index is 1.54. The van der Waals surface area contributed by atoms with Crippen molar-refractivity contribution in [1.82, 2.24) is 9.88 Å². The first-order chi connectivity index (χ1) is 15.7. The molecule has 2 aliphatic heterocycles. The van der Waals surface area contributed by atoms with Gasteiger partial charge in [-0.1, -0.05) is 0 Å². The summed E-state index contributed by atoms with van der Waals surface area (Å²) in [6.45, 7) is 9.09. The van der Waals surface area contributed by atoms with Crippen molar-refractivity contribution < 1.29 is 28.1 Å². The van der Waals surface area contributed by atoms with Crippen LogP contribution in [0.2, 0.25) is 0 Å². The van der Waals surface area contributed by atoms with Gasteiger partial charge in [0.15, 0.2) is 11.6 Å². The highest BCUT2D eigenvalue weighted by Gasteiger charge is 2.33. The number of benzene rings is 1. The number of carbonyl (C=O) groups is 1. The van der Waals surface area contributed by atoms with Crippen LogP contribution in [-0.4, -0.2) is 61.0 Å². The lowest BCUT2D eigenvalue weighted by Crippen LogP contribution is -2.36. The van der Waals surface area contributed by atoms with E-state index in [1.54, 1.807) is 30.3 Å². The van der Waals surface area contributed by atoms with E-state index in [2.05, 4.69) is 4.98 Å². The Hall–Kier alpha value is -3.23. The number of hydrogen-bond donors (Lipinski definition) is 0. The van der Waals surface area contributed by atoms with E-state index in [1.165, 1.54) is 0 Å². The molecule has 1 fully saturated rings. The number of likely N-dealkylation sites (tertiary alicyclic amines) is 1. The number of aryl methyl sites for hydroxylation is 1. The molecule has 33 heavy (non-hydrogen) atoms. The number of hydrogen-bond acceptors (Lipinski definition) is 7. The average molecular weight is 460 g/mol. The van der Waals surface area contributed by atoms with Crippen molar-refractivity contribution in [1.29, 1.82) is 0 Å². The van der Waals surface area contributed by atoms with E-state index in [9.17, 15) is 4.79 Å². The molecule has 0 N–H and O–H groups in total. The van der Waals surface area contributed by atoms with E-state index >= 15 is 4.39 Å². The number of fused-ring (bicyclic) bond motifs is 1. The minimum Gasteiger partial charge on any atom is -0.489 e. The highest BCUT2D eigenvalue weighted by molar-refractivity contribution is 5.73. The maximum atomic E-state index is 15.7. The smallest absolute Gasteiger partial charge is 0.410 e. The first-order valence-electron chi connectivity index (χ1n) is 11.0. The number of aromatic nitrogens is 1. The van der Waals surface area contributed by atoms with Gasteiger partial charge in [-0.2, -0.15) is 0 Å². The summed E-state index contributed by atoms with van der Waals surface area (Å²) in [6, 6.07) is 5.19. The second kappa shape index (κ2) is 8.96. The zero-order chi connectivity index (χ0) is 23.8. The van der Waals surface area contributed by atoms with Crippen molar-refractivity contribution in [2.24, 2.45) is 0 Å². The van der Waals surface area contributed by atoms with Gasteiger partial charge >= 0.3 is 6.09 Å². The van der Waals surface area contributed by atoms with Crippen LogP contribution in [0.15, 0.2) is 24.4 Å². The summed E-state index contributed by atoms with van der Waals surface area (Å²) in [5.41, 5.74) is 1.33. The van der Waals surface area contributed by atoms with E-state index < -0.39 is 11.4 Å². The van der Waals surface area contributed by atoms with E-state index in [0.717, 1.165) is 11.3 Å². The van der Waals surface area contributed by atoms with Gasteiger partial charge in [-0.05, 0) is 45.9 Å². The number of rotatable bonds is 4. The number of amides is 1. The first kappa shape index (κ1) is 22.9. The number of anilines is 2. The number of methoxy groups -OCH3 is 1. The van der Waals surface area contributed by atoms with Crippen LogP contribution in [0.1, 0.15) is 32.8 Å². The molecule has 0 saturated carbocycles. The third-order valence-electron chi connectivity index (χ3n) is 5.50. The third-order valence-corrected chi connectivity index (χ3v) is 5.50. The van der Waals surface area contributed by atoms with Crippen LogP contribution in [0.3, 0.4) is 0 Å². The average Bonchev–Trinajstić information content (AvgIpc) is 3.23. The summed E-state index contributed by atoms with van der Waals surface area (Å²) in [5, 5.41) is 0. The van der Waals surface area contributed by atoms with E-state index in [1.807, 2.05) is 38.7 Å². The molecule has 1 aromatic heterocycles. The molecule has 2 aliphatic rings. The molecular formula is C24H30FN3O5. The van der Waals surface area contributed by atoms with E-state index in [-0.39, 0.29) is 17.9 Å². The number of halogens is 1. The lowest BCUT2D eigenvalue weighted by atomic mass is 10.1. The van der Waals surface area contributed by atoms with Crippen molar-refractivity contribution in [3.63, 3.8) is 0 Å². The SMILES string of the molecule is COc1ncc(N2CCOc3ccc(OC4CCN(C(=O)OC(C)(C)C)C4)c(F)c32)cc1C. The van der Waals surface area contributed by atoms with Crippen LogP contribution in [0.4, 0.5) is 20.6 Å². The maximum absolute atomic E-state index is 15.7. The predicted molar refractivity (Wildman–Crippen MR) is 121 cm³/mol. The van der Waals surface area contributed by atoms with Crippen molar-refractivity contribution in [2.45, 2.75) is 45.8 Å². The summed E-state index contributed by atoms with van der Waals surface area (Å²) in [6.07, 6.45) is 1.54. The molecule has 3 heterocycles. The van der Waals surface area contributed by atoms with Crippen LogP contribution in [0.25, 0.3) is 0 Å². The second-order valence-electron chi connectivity index (χ2n) is 9.20. The van der Waals surface area contributed by atoms with Gasteiger partial charge in [0, 0.05) is 18.5 Å². The minimum atomic E-state index is -0.571. The highest BCUT2D eigenvalue weighted by Crippen LogP contribution is 2.43. The Morgan fingerprint density at radius 2 is 2.06 bits per heavy atom. The van der Waals surface area contributed by atoms with Crippen molar-refractivity contribution in [3.8, 4) is 17.4 Å². The van der Waals surface area contributed by atoms with Crippen LogP contribution in [0.5, 0.6) is 17.4 Å². The Labute approximate surface area is 193 Å². The Kier molecular flexibility index (Phi) is 6.23. The number of pyridine rings is 1. The Bertz CT molecular complexity index is 1040. The molecule has 9 heteroatoms.